The van der Waals surface area contributed by atoms with Crippen LogP contribution in [0.4, 0.5) is 5.69 Å². The molecule has 0 saturated heterocycles. The highest BCUT2D eigenvalue weighted by Crippen LogP contribution is 2.24. The van der Waals surface area contributed by atoms with Gasteiger partial charge in [0.1, 0.15) is 0 Å². The third-order valence-electron chi connectivity index (χ3n) is 3.99. The van der Waals surface area contributed by atoms with E-state index in [-0.39, 0.29) is 6.04 Å². The van der Waals surface area contributed by atoms with Gasteiger partial charge in [-0.3, -0.25) is 9.97 Å². The number of rotatable bonds is 4. The lowest BCUT2D eigenvalue weighted by Gasteiger charge is -2.14. The molecule has 0 saturated carbocycles. The maximum atomic E-state index is 4.68. The molecule has 3 heterocycles. The van der Waals surface area contributed by atoms with E-state index in [1.54, 1.807) is 18.6 Å². The van der Waals surface area contributed by atoms with Gasteiger partial charge in [-0.2, -0.15) is 5.10 Å². The largest absolute Gasteiger partial charge is 0.376 e. The van der Waals surface area contributed by atoms with Gasteiger partial charge in [-0.15, -0.1) is 0 Å². The minimum Gasteiger partial charge on any atom is -0.376 e. The van der Waals surface area contributed by atoms with Gasteiger partial charge >= 0.3 is 0 Å². The summed E-state index contributed by atoms with van der Waals surface area (Å²) in [4.78, 5) is 8.47. The van der Waals surface area contributed by atoms with E-state index in [0.29, 0.717) is 0 Å². The van der Waals surface area contributed by atoms with E-state index >= 15 is 0 Å². The van der Waals surface area contributed by atoms with Gasteiger partial charge in [0.25, 0.3) is 0 Å². The number of anilines is 1. The second kappa shape index (κ2) is 6.12. The summed E-state index contributed by atoms with van der Waals surface area (Å²) in [5.74, 6) is 0. The first-order valence-electron chi connectivity index (χ1n) is 7.87. The first-order chi connectivity index (χ1) is 11.8. The molecule has 0 radical (unpaired) electrons. The van der Waals surface area contributed by atoms with Gasteiger partial charge in [-0.25, -0.2) is 4.68 Å². The lowest BCUT2D eigenvalue weighted by molar-refractivity contribution is 0.779. The number of fused-ring (bicyclic) bond motifs is 1. The zero-order chi connectivity index (χ0) is 16.4. The number of para-hydroxylation sites is 1. The molecule has 4 aromatic rings. The molecule has 4 rings (SSSR count). The van der Waals surface area contributed by atoms with Gasteiger partial charge in [-0.1, -0.05) is 18.2 Å². The van der Waals surface area contributed by atoms with Crippen LogP contribution in [-0.4, -0.2) is 19.7 Å². The topological polar surface area (TPSA) is 55.6 Å². The molecule has 3 aromatic heterocycles. The summed E-state index contributed by atoms with van der Waals surface area (Å²) in [5, 5.41) is 9.26. The van der Waals surface area contributed by atoms with Crippen LogP contribution in [-0.2, 0) is 0 Å². The average molecular weight is 315 g/mol. The molecule has 0 aliphatic heterocycles. The van der Waals surface area contributed by atoms with Crippen molar-refractivity contribution in [1.29, 1.82) is 0 Å². The molecule has 5 heteroatoms. The minimum atomic E-state index is 0.0775. The highest BCUT2D eigenvalue weighted by molar-refractivity contribution is 5.90. The van der Waals surface area contributed by atoms with E-state index in [1.807, 2.05) is 59.4 Å². The molecule has 0 fully saturated rings. The molecule has 1 N–H and O–H groups in total. The summed E-state index contributed by atoms with van der Waals surface area (Å²) < 4.78 is 1.89. The van der Waals surface area contributed by atoms with E-state index in [4.69, 9.17) is 0 Å². The molecule has 0 spiro atoms. The molecule has 118 valence electrons. The first kappa shape index (κ1) is 14.4. The number of hydrogen-bond acceptors (Lipinski definition) is 4. The van der Waals surface area contributed by atoms with Crippen LogP contribution in [0.2, 0.25) is 0 Å². The van der Waals surface area contributed by atoms with Crippen molar-refractivity contribution in [2.24, 2.45) is 0 Å². The first-order valence-corrected chi connectivity index (χ1v) is 7.87. The second-order valence-electron chi connectivity index (χ2n) is 5.64. The standard InChI is InChI=1S/C19H17N5/c1-14(17-9-12-24(23-17)15-5-3-2-4-6-15)22-18-8-11-21-19-13-20-10-7-16(18)19/h2-14H,1H3,(H,21,22). The highest BCUT2D eigenvalue weighted by Gasteiger charge is 2.11. The fourth-order valence-corrected chi connectivity index (χ4v) is 2.73. The Labute approximate surface area is 140 Å². The molecule has 1 unspecified atom stereocenters. The van der Waals surface area contributed by atoms with E-state index in [2.05, 4.69) is 27.3 Å². The SMILES string of the molecule is CC(Nc1ccnc2cnccc12)c1ccn(-c2ccccc2)n1. The molecule has 1 aromatic carbocycles. The van der Waals surface area contributed by atoms with Crippen LogP contribution in [0.1, 0.15) is 18.7 Å². The van der Waals surface area contributed by atoms with Gasteiger partial charge in [0.15, 0.2) is 0 Å². The summed E-state index contributed by atoms with van der Waals surface area (Å²) in [5.41, 5.74) is 3.95. The van der Waals surface area contributed by atoms with E-state index < -0.39 is 0 Å². The number of benzene rings is 1. The van der Waals surface area contributed by atoms with E-state index in [1.165, 1.54) is 0 Å². The van der Waals surface area contributed by atoms with Gasteiger partial charge in [0.2, 0.25) is 0 Å². The number of aromatic nitrogens is 4. The maximum Gasteiger partial charge on any atom is 0.0905 e. The zero-order valence-corrected chi connectivity index (χ0v) is 13.3. The van der Waals surface area contributed by atoms with Crippen molar-refractivity contribution in [3.05, 3.63) is 79.0 Å². The monoisotopic (exact) mass is 315 g/mol. The van der Waals surface area contributed by atoms with E-state index in [9.17, 15) is 0 Å². The Kier molecular flexibility index (Phi) is 3.67. The van der Waals surface area contributed by atoms with Crippen molar-refractivity contribution >= 4 is 16.6 Å². The summed E-state index contributed by atoms with van der Waals surface area (Å²) >= 11 is 0. The Bertz CT molecular complexity index is 956. The molecule has 0 aliphatic rings. The van der Waals surface area contributed by atoms with Crippen LogP contribution in [0.3, 0.4) is 0 Å². The molecule has 0 amide bonds. The quantitative estimate of drug-likeness (QED) is 0.619. The number of nitrogens with zero attached hydrogens (tertiary/aromatic N) is 4. The third-order valence-corrected chi connectivity index (χ3v) is 3.99. The van der Waals surface area contributed by atoms with Gasteiger partial charge in [-0.05, 0) is 37.3 Å². The number of nitrogens with one attached hydrogen (secondary N) is 1. The minimum absolute atomic E-state index is 0.0775. The molecular formula is C19H17N5. The van der Waals surface area contributed by atoms with Crippen LogP contribution in [0.25, 0.3) is 16.6 Å². The summed E-state index contributed by atoms with van der Waals surface area (Å²) in [6.07, 6.45) is 7.33. The van der Waals surface area contributed by atoms with Crippen molar-refractivity contribution in [3.8, 4) is 5.69 Å². The summed E-state index contributed by atoms with van der Waals surface area (Å²) in [6, 6.07) is 16.2. The van der Waals surface area contributed by atoms with Crippen LogP contribution < -0.4 is 5.32 Å². The molecular weight excluding hydrogens is 298 g/mol. The fraction of sp³-hybridized carbons (Fsp3) is 0.105. The number of hydrogen-bond donors (Lipinski definition) is 1. The van der Waals surface area contributed by atoms with Crippen LogP contribution in [0.5, 0.6) is 0 Å². The molecule has 5 nitrogen and oxygen atoms in total. The smallest absolute Gasteiger partial charge is 0.0905 e. The summed E-state index contributed by atoms with van der Waals surface area (Å²) in [7, 11) is 0. The maximum absolute atomic E-state index is 4.68. The molecule has 0 bridgehead atoms. The Morgan fingerprint density at radius 2 is 1.88 bits per heavy atom. The fourth-order valence-electron chi connectivity index (χ4n) is 2.73. The Hall–Kier alpha value is -3.21. The third kappa shape index (κ3) is 2.72. The molecule has 1 atom stereocenters. The van der Waals surface area contributed by atoms with Crippen molar-refractivity contribution in [1.82, 2.24) is 19.7 Å². The van der Waals surface area contributed by atoms with Crippen LogP contribution in [0, 0.1) is 0 Å². The Morgan fingerprint density at radius 3 is 2.75 bits per heavy atom. The van der Waals surface area contributed by atoms with Gasteiger partial charge < -0.3 is 5.32 Å². The van der Waals surface area contributed by atoms with Crippen molar-refractivity contribution in [2.45, 2.75) is 13.0 Å². The van der Waals surface area contributed by atoms with Crippen molar-refractivity contribution in [2.75, 3.05) is 5.32 Å². The Balaban J connectivity index is 1.60. The normalized spacial score (nSPS) is 12.2. The lowest BCUT2D eigenvalue weighted by Crippen LogP contribution is -2.08. The highest BCUT2D eigenvalue weighted by atomic mass is 15.3. The van der Waals surface area contributed by atoms with Crippen molar-refractivity contribution < 1.29 is 0 Å². The predicted molar refractivity (Wildman–Crippen MR) is 95.1 cm³/mol. The van der Waals surface area contributed by atoms with E-state index in [0.717, 1.165) is 28.0 Å². The van der Waals surface area contributed by atoms with Crippen molar-refractivity contribution in [3.63, 3.8) is 0 Å². The Morgan fingerprint density at radius 1 is 1.00 bits per heavy atom. The van der Waals surface area contributed by atoms with Crippen LogP contribution >= 0.6 is 0 Å². The van der Waals surface area contributed by atoms with Crippen LogP contribution in [0.15, 0.2) is 73.3 Å². The lowest BCUT2D eigenvalue weighted by atomic mass is 10.2. The zero-order valence-electron chi connectivity index (χ0n) is 13.3. The second-order valence-corrected chi connectivity index (χ2v) is 5.64. The number of pyridine rings is 2. The average Bonchev–Trinajstić information content (AvgIpc) is 3.13. The predicted octanol–water partition coefficient (Wildman–Crippen LogP) is 3.99. The summed E-state index contributed by atoms with van der Waals surface area (Å²) in [6.45, 7) is 2.10. The molecule has 24 heavy (non-hydrogen) atoms. The van der Waals surface area contributed by atoms with Gasteiger partial charge in [0, 0.05) is 29.7 Å². The molecule has 0 aliphatic carbocycles. The van der Waals surface area contributed by atoms with Gasteiger partial charge in [0.05, 0.1) is 29.1 Å².